The maximum absolute atomic E-state index is 2.39. The van der Waals surface area contributed by atoms with Crippen LogP contribution in [0.25, 0.3) is 23.3 Å². The number of nitrogens with zero attached hydrogens (tertiary/aromatic N) is 2. The van der Waals surface area contributed by atoms with Gasteiger partial charge in [0, 0.05) is 39.5 Å². The SMILES string of the molecule is Cc1cc(C)cc(N(c2ccccc2)c2ccc(C=Cc3ccc4c(c3)C(C)(C)c3cc(N(c5ccccc5)c5ccccc5)ccc3-4)cc2)c1. The summed E-state index contributed by atoms with van der Waals surface area (Å²) < 4.78 is 0. The minimum Gasteiger partial charge on any atom is -0.310 e. The Morgan fingerprint density at radius 1 is 0.373 bits per heavy atom. The van der Waals surface area contributed by atoms with Crippen molar-refractivity contribution in [2.24, 2.45) is 0 Å². The second-order valence-corrected chi connectivity index (χ2v) is 14.1. The maximum atomic E-state index is 2.39. The fraction of sp³-hybridized carbons (Fsp3) is 0.102. The maximum Gasteiger partial charge on any atom is 0.0466 e. The molecule has 1 aliphatic rings. The predicted octanol–water partition coefficient (Wildman–Crippen LogP) is 13.7. The summed E-state index contributed by atoms with van der Waals surface area (Å²) in [5.74, 6) is 0. The van der Waals surface area contributed by atoms with Gasteiger partial charge in [-0.3, -0.25) is 0 Å². The molecule has 0 spiro atoms. The number of anilines is 6. The monoisotopic (exact) mass is 658 g/mol. The Kier molecular flexibility index (Phi) is 8.37. The Morgan fingerprint density at radius 2 is 0.784 bits per heavy atom. The number of rotatable bonds is 8. The van der Waals surface area contributed by atoms with E-state index >= 15 is 0 Å². The molecule has 0 amide bonds. The first kappa shape index (κ1) is 32.1. The molecule has 0 radical (unpaired) electrons. The van der Waals surface area contributed by atoms with Crippen LogP contribution in [0.5, 0.6) is 0 Å². The van der Waals surface area contributed by atoms with E-state index < -0.39 is 0 Å². The van der Waals surface area contributed by atoms with Gasteiger partial charge in [-0.1, -0.05) is 123 Å². The summed E-state index contributed by atoms with van der Waals surface area (Å²) in [6, 6.07) is 61.4. The Bertz CT molecular complexity index is 2280. The zero-order valence-corrected chi connectivity index (χ0v) is 29.7. The summed E-state index contributed by atoms with van der Waals surface area (Å²) in [6.45, 7) is 9.04. The van der Waals surface area contributed by atoms with Crippen molar-refractivity contribution in [2.45, 2.75) is 33.1 Å². The molecule has 2 nitrogen and oxygen atoms in total. The lowest BCUT2D eigenvalue weighted by Gasteiger charge is -2.28. The number of hydrogen-bond acceptors (Lipinski definition) is 2. The highest BCUT2D eigenvalue weighted by atomic mass is 15.1. The van der Waals surface area contributed by atoms with E-state index in [4.69, 9.17) is 0 Å². The molecule has 8 rings (SSSR count). The van der Waals surface area contributed by atoms with Crippen LogP contribution in [-0.2, 0) is 5.41 Å². The van der Waals surface area contributed by atoms with Gasteiger partial charge in [-0.15, -0.1) is 0 Å². The van der Waals surface area contributed by atoms with Crippen LogP contribution in [0.1, 0.15) is 47.2 Å². The van der Waals surface area contributed by atoms with E-state index in [0.29, 0.717) is 0 Å². The number of benzene rings is 7. The zero-order valence-electron chi connectivity index (χ0n) is 29.7. The molecule has 1 aliphatic carbocycles. The lowest BCUT2D eigenvalue weighted by Crippen LogP contribution is -2.16. The summed E-state index contributed by atoms with van der Waals surface area (Å²) in [6.07, 6.45) is 4.46. The number of para-hydroxylation sites is 3. The summed E-state index contributed by atoms with van der Waals surface area (Å²) in [5.41, 5.74) is 17.0. The summed E-state index contributed by atoms with van der Waals surface area (Å²) in [7, 11) is 0. The molecule has 248 valence electrons. The standard InChI is InChI=1S/C49H42N2/c1-35-30-36(2)32-44(31-35)51(41-18-12-7-13-19-41)42-25-22-37(23-26-42)20-21-38-24-28-45-46-29-27-43(34-48(46)49(3,4)47(45)33-38)50(39-14-8-5-9-15-39)40-16-10-6-11-17-40/h5-34H,1-4H3. The van der Waals surface area contributed by atoms with Crippen molar-refractivity contribution >= 4 is 46.3 Å². The van der Waals surface area contributed by atoms with Gasteiger partial charge in [0.25, 0.3) is 0 Å². The summed E-state index contributed by atoms with van der Waals surface area (Å²) in [5, 5.41) is 0. The van der Waals surface area contributed by atoms with E-state index in [9.17, 15) is 0 Å². The van der Waals surface area contributed by atoms with Crippen molar-refractivity contribution in [3.05, 3.63) is 203 Å². The van der Waals surface area contributed by atoms with Gasteiger partial charge in [-0.2, -0.15) is 0 Å². The van der Waals surface area contributed by atoms with Gasteiger partial charge in [0.1, 0.15) is 0 Å². The number of fused-ring (bicyclic) bond motifs is 3. The van der Waals surface area contributed by atoms with Crippen molar-refractivity contribution < 1.29 is 0 Å². The largest absolute Gasteiger partial charge is 0.310 e. The third kappa shape index (κ3) is 6.26. The summed E-state index contributed by atoms with van der Waals surface area (Å²) >= 11 is 0. The predicted molar refractivity (Wildman–Crippen MR) is 218 cm³/mol. The van der Waals surface area contributed by atoms with Crippen LogP contribution in [0, 0.1) is 13.8 Å². The highest BCUT2D eigenvalue weighted by Gasteiger charge is 2.36. The third-order valence-corrected chi connectivity index (χ3v) is 10.1. The van der Waals surface area contributed by atoms with E-state index in [-0.39, 0.29) is 5.41 Å². The van der Waals surface area contributed by atoms with Gasteiger partial charge < -0.3 is 9.80 Å². The second-order valence-electron chi connectivity index (χ2n) is 14.1. The van der Waals surface area contributed by atoms with Gasteiger partial charge in [0.2, 0.25) is 0 Å². The van der Waals surface area contributed by atoms with Crippen LogP contribution in [0.3, 0.4) is 0 Å². The highest BCUT2D eigenvalue weighted by Crippen LogP contribution is 2.51. The molecular formula is C49H42N2. The minimum absolute atomic E-state index is 0.139. The van der Waals surface area contributed by atoms with E-state index in [2.05, 4.69) is 220 Å². The number of aryl methyl sites for hydroxylation is 2. The van der Waals surface area contributed by atoms with Crippen molar-refractivity contribution in [1.82, 2.24) is 0 Å². The minimum atomic E-state index is -0.139. The molecule has 0 saturated heterocycles. The molecule has 7 aromatic carbocycles. The third-order valence-electron chi connectivity index (χ3n) is 10.1. The Balaban J connectivity index is 1.08. The van der Waals surface area contributed by atoms with E-state index in [0.717, 1.165) is 22.7 Å². The van der Waals surface area contributed by atoms with Crippen LogP contribution in [0.4, 0.5) is 34.1 Å². The topological polar surface area (TPSA) is 6.48 Å². The van der Waals surface area contributed by atoms with Gasteiger partial charge in [-0.25, -0.2) is 0 Å². The molecule has 0 aromatic heterocycles. The van der Waals surface area contributed by atoms with Crippen LogP contribution >= 0.6 is 0 Å². The Morgan fingerprint density at radius 3 is 1.33 bits per heavy atom. The molecule has 0 bridgehead atoms. The molecule has 0 unspecified atom stereocenters. The van der Waals surface area contributed by atoms with Crippen molar-refractivity contribution in [3.63, 3.8) is 0 Å². The lowest BCUT2D eigenvalue weighted by molar-refractivity contribution is 0.660. The molecule has 51 heavy (non-hydrogen) atoms. The molecule has 7 aromatic rings. The highest BCUT2D eigenvalue weighted by molar-refractivity contribution is 5.87. The summed E-state index contributed by atoms with van der Waals surface area (Å²) in [4.78, 5) is 4.68. The molecule has 0 atom stereocenters. The normalized spacial score (nSPS) is 12.8. The van der Waals surface area contributed by atoms with E-state index in [1.54, 1.807) is 0 Å². The first-order valence-electron chi connectivity index (χ1n) is 17.8. The van der Waals surface area contributed by atoms with Crippen molar-refractivity contribution in [2.75, 3.05) is 9.80 Å². The van der Waals surface area contributed by atoms with Crippen LogP contribution < -0.4 is 9.80 Å². The van der Waals surface area contributed by atoms with Crippen molar-refractivity contribution in [3.8, 4) is 11.1 Å². The fourth-order valence-corrected chi connectivity index (χ4v) is 7.62. The van der Waals surface area contributed by atoms with Gasteiger partial charge in [0.05, 0.1) is 0 Å². The molecule has 0 saturated carbocycles. The van der Waals surface area contributed by atoms with Crippen LogP contribution in [0.2, 0.25) is 0 Å². The zero-order chi connectivity index (χ0) is 35.0. The van der Waals surface area contributed by atoms with E-state index in [1.165, 1.54) is 55.9 Å². The van der Waals surface area contributed by atoms with Crippen LogP contribution in [0.15, 0.2) is 170 Å². The molecule has 0 fully saturated rings. The second kappa shape index (κ2) is 13.3. The quantitative estimate of drug-likeness (QED) is 0.150. The average molecular weight is 659 g/mol. The lowest BCUT2D eigenvalue weighted by atomic mass is 9.81. The fourth-order valence-electron chi connectivity index (χ4n) is 7.62. The Hall–Kier alpha value is -6.12. The molecule has 2 heteroatoms. The Labute approximate surface area is 302 Å². The van der Waals surface area contributed by atoms with Crippen LogP contribution in [-0.4, -0.2) is 0 Å². The molecule has 0 heterocycles. The molecule has 0 aliphatic heterocycles. The van der Waals surface area contributed by atoms with Gasteiger partial charge in [-0.05, 0) is 131 Å². The van der Waals surface area contributed by atoms with Gasteiger partial charge >= 0.3 is 0 Å². The molecular weight excluding hydrogens is 617 g/mol. The first-order chi connectivity index (χ1) is 24.8. The smallest absolute Gasteiger partial charge is 0.0466 e. The first-order valence-corrected chi connectivity index (χ1v) is 17.8. The number of hydrogen-bond donors (Lipinski definition) is 0. The van der Waals surface area contributed by atoms with Gasteiger partial charge in [0.15, 0.2) is 0 Å². The molecule has 0 N–H and O–H groups in total. The van der Waals surface area contributed by atoms with E-state index in [1.807, 2.05) is 0 Å². The average Bonchev–Trinajstić information content (AvgIpc) is 3.37. The van der Waals surface area contributed by atoms with Crippen molar-refractivity contribution in [1.29, 1.82) is 0 Å².